The van der Waals surface area contributed by atoms with Crippen LogP contribution in [-0.4, -0.2) is 11.8 Å². The van der Waals surface area contributed by atoms with Crippen LogP contribution in [0.3, 0.4) is 0 Å². The van der Waals surface area contributed by atoms with Gasteiger partial charge in [-0.25, -0.2) is 0 Å². The van der Waals surface area contributed by atoms with E-state index in [9.17, 15) is 9.59 Å². The van der Waals surface area contributed by atoms with Crippen molar-refractivity contribution in [2.75, 3.05) is 10.2 Å². The third kappa shape index (κ3) is 3.65. The van der Waals surface area contributed by atoms with Crippen LogP contribution in [0, 0.1) is 0 Å². The van der Waals surface area contributed by atoms with E-state index in [1.165, 1.54) is 0 Å². The van der Waals surface area contributed by atoms with Gasteiger partial charge in [-0.15, -0.1) is 0 Å². The molecule has 0 saturated carbocycles. The molecule has 2 amide bonds. The maximum Gasteiger partial charge on any atom is 0.227 e. The van der Waals surface area contributed by atoms with Gasteiger partial charge < -0.3 is 10.2 Å². The van der Waals surface area contributed by atoms with Crippen molar-refractivity contribution in [3.8, 4) is 0 Å². The summed E-state index contributed by atoms with van der Waals surface area (Å²) < 4.78 is 0. The number of hydrogen-bond acceptors (Lipinski definition) is 2. The zero-order chi connectivity index (χ0) is 16.9. The van der Waals surface area contributed by atoms with E-state index in [4.69, 9.17) is 0 Å². The number of nitrogens with zero attached hydrogens (tertiary/aromatic N) is 1. The van der Waals surface area contributed by atoms with Crippen LogP contribution >= 0.6 is 0 Å². The van der Waals surface area contributed by atoms with E-state index in [0.717, 1.165) is 35.3 Å². The second-order valence-corrected chi connectivity index (χ2v) is 6.11. The summed E-state index contributed by atoms with van der Waals surface area (Å²) in [5.74, 6) is 0.180. The normalized spacial score (nSPS) is 13.5. The van der Waals surface area contributed by atoms with Gasteiger partial charge >= 0.3 is 0 Å². The molecule has 124 valence electrons. The first-order valence-corrected chi connectivity index (χ1v) is 8.44. The summed E-state index contributed by atoms with van der Waals surface area (Å²) in [4.78, 5) is 26.0. The molecule has 3 rings (SSSR count). The molecule has 1 heterocycles. The van der Waals surface area contributed by atoms with E-state index in [-0.39, 0.29) is 11.8 Å². The standard InChI is InChI=1S/C20H22N2O2/c1-2-6-19(23)21-17-10-11-18-16(13-17)9-12-20(24)22(18)14-15-7-4-3-5-8-15/h3-5,7-8,10-11,13H,2,6,9,12,14H2,1H3,(H,21,23). The lowest BCUT2D eigenvalue weighted by Crippen LogP contribution is -2.34. The van der Waals surface area contributed by atoms with Crippen LogP contribution in [0.2, 0.25) is 0 Å². The molecular formula is C20H22N2O2. The van der Waals surface area contributed by atoms with Gasteiger partial charge in [0.25, 0.3) is 0 Å². The molecule has 0 spiro atoms. The summed E-state index contributed by atoms with van der Waals surface area (Å²) in [6, 6.07) is 15.8. The quantitative estimate of drug-likeness (QED) is 0.907. The zero-order valence-corrected chi connectivity index (χ0v) is 13.9. The molecule has 1 aliphatic rings. The zero-order valence-electron chi connectivity index (χ0n) is 13.9. The van der Waals surface area contributed by atoms with E-state index < -0.39 is 0 Å². The molecule has 0 atom stereocenters. The molecule has 0 saturated heterocycles. The molecule has 1 N–H and O–H groups in total. The molecule has 24 heavy (non-hydrogen) atoms. The number of benzene rings is 2. The van der Waals surface area contributed by atoms with Gasteiger partial charge in [0, 0.05) is 24.2 Å². The van der Waals surface area contributed by atoms with Crippen molar-refractivity contribution < 1.29 is 9.59 Å². The number of aryl methyl sites for hydroxylation is 1. The average Bonchev–Trinajstić information content (AvgIpc) is 2.58. The number of rotatable bonds is 5. The Morgan fingerprint density at radius 1 is 1.12 bits per heavy atom. The SMILES string of the molecule is CCCC(=O)Nc1ccc2c(c1)CCC(=O)N2Cc1ccccc1. The first-order chi connectivity index (χ1) is 11.7. The predicted molar refractivity (Wildman–Crippen MR) is 95.9 cm³/mol. The number of carbonyl (C=O) groups excluding carboxylic acids is 2. The number of anilines is 2. The highest BCUT2D eigenvalue weighted by atomic mass is 16.2. The van der Waals surface area contributed by atoms with E-state index in [1.807, 2.05) is 60.4 Å². The Hall–Kier alpha value is -2.62. The van der Waals surface area contributed by atoms with E-state index >= 15 is 0 Å². The van der Waals surface area contributed by atoms with Crippen molar-refractivity contribution in [3.05, 3.63) is 59.7 Å². The summed E-state index contributed by atoms with van der Waals surface area (Å²) in [5.41, 5.74) is 3.98. The molecular weight excluding hydrogens is 300 g/mol. The monoisotopic (exact) mass is 322 g/mol. The van der Waals surface area contributed by atoms with Crippen LogP contribution in [-0.2, 0) is 22.6 Å². The summed E-state index contributed by atoms with van der Waals surface area (Å²) in [6.45, 7) is 2.56. The molecule has 0 aliphatic carbocycles. The Morgan fingerprint density at radius 2 is 1.92 bits per heavy atom. The highest BCUT2D eigenvalue weighted by molar-refractivity contribution is 5.97. The highest BCUT2D eigenvalue weighted by Crippen LogP contribution is 2.31. The van der Waals surface area contributed by atoms with Crippen LogP contribution < -0.4 is 10.2 Å². The van der Waals surface area contributed by atoms with Crippen molar-refractivity contribution in [2.24, 2.45) is 0 Å². The fourth-order valence-corrected chi connectivity index (χ4v) is 3.03. The molecule has 4 nitrogen and oxygen atoms in total. The van der Waals surface area contributed by atoms with Gasteiger partial charge in [0.15, 0.2) is 0 Å². The molecule has 2 aromatic carbocycles. The molecule has 4 heteroatoms. The van der Waals surface area contributed by atoms with Crippen molar-refractivity contribution in [1.82, 2.24) is 0 Å². The summed E-state index contributed by atoms with van der Waals surface area (Å²) in [7, 11) is 0. The van der Waals surface area contributed by atoms with Crippen LogP contribution in [0.1, 0.15) is 37.3 Å². The number of hydrogen-bond donors (Lipinski definition) is 1. The van der Waals surface area contributed by atoms with Crippen LogP contribution in [0.5, 0.6) is 0 Å². The number of carbonyl (C=O) groups is 2. The maximum absolute atomic E-state index is 12.4. The Balaban J connectivity index is 1.82. The molecule has 0 bridgehead atoms. The lowest BCUT2D eigenvalue weighted by atomic mass is 9.99. The predicted octanol–water partition coefficient (Wildman–Crippen LogP) is 3.90. The molecule has 2 aromatic rings. The minimum atomic E-state index is 0.0328. The van der Waals surface area contributed by atoms with Gasteiger partial charge in [-0.05, 0) is 42.2 Å². The topological polar surface area (TPSA) is 49.4 Å². The van der Waals surface area contributed by atoms with Crippen LogP contribution in [0.25, 0.3) is 0 Å². The molecule has 0 fully saturated rings. The minimum Gasteiger partial charge on any atom is -0.326 e. The van der Waals surface area contributed by atoms with Gasteiger partial charge in [0.05, 0.1) is 6.54 Å². The summed E-state index contributed by atoms with van der Waals surface area (Å²) in [6.07, 6.45) is 2.58. The minimum absolute atomic E-state index is 0.0328. The summed E-state index contributed by atoms with van der Waals surface area (Å²) in [5, 5.41) is 2.93. The third-order valence-electron chi connectivity index (χ3n) is 4.22. The van der Waals surface area contributed by atoms with Crippen molar-refractivity contribution >= 4 is 23.2 Å². The van der Waals surface area contributed by atoms with Gasteiger partial charge in [0.1, 0.15) is 0 Å². The van der Waals surface area contributed by atoms with Crippen LogP contribution in [0.4, 0.5) is 11.4 Å². The molecule has 0 radical (unpaired) electrons. The fraction of sp³-hybridized carbons (Fsp3) is 0.300. The van der Waals surface area contributed by atoms with Gasteiger partial charge in [-0.3, -0.25) is 9.59 Å². The van der Waals surface area contributed by atoms with Crippen LogP contribution in [0.15, 0.2) is 48.5 Å². The second kappa shape index (κ2) is 7.30. The first-order valence-electron chi connectivity index (χ1n) is 8.44. The van der Waals surface area contributed by atoms with Gasteiger partial charge in [-0.1, -0.05) is 37.3 Å². The molecule has 1 aliphatic heterocycles. The Morgan fingerprint density at radius 3 is 2.67 bits per heavy atom. The smallest absolute Gasteiger partial charge is 0.227 e. The van der Waals surface area contributed by atoms with E-state index in [2.05, 4.69) is 5.32 Å². The van der Waals surface area contributed by atoms with Crippen molar-refractivity contribution in [2.45, 2.75) is 39.2 Å². The van der Waals surface area contributed by atoms with E-state index in [1.54, 1.807) is 0 Å². The fourth-order valence-electron chi connectivity index (χ4n) is 3.03. The number of fused-ring (bicyclic) bond motifs is 1. The third-order valence-corrected chi connectivity index (χ3v) is 4.22. The van der Waals surface area contributed by atoms with Gasteiger partial charge in [-0.2, -0.15) is 0 Å². The largest absolute Gasteiger partial charge is 0.326 e. The lowest BCUT2D eigenvalue weighted by molar-refractivity contribution is -0.119. The Bertz CT molecular complexity index is 741. The average molecular weight is 322 g/mol. The molecule has 0 unspecified atom stereocenters. The van der Waals surface area contributed by atoms with Crippen molar-refractivity contribution in [3.63, 3.8) is 0 Å². The number of nitrogens with one attached hydrogen (secondary N) is 1. The highest BCUT2D eigenvalue weighted by Gasteiger charge is 2.24. The Kier molecular flexibility index (Phi) is 4.94. The maximum atomic E-state index is 12.4. The Labute approximate surface area is 142 Å². The lowest BCUT2D eigenvalue weighted by Gasteiger charge is -2.30. The summed E-state index contributed by atoms with van der Waals surface area (Å²) >= 11 is 0. The second-order valence-electron chi connectivity index (χ2n) is 6.11. The van der Waals surface area contributed by atoms with Gasteiger partial charge in [0.2, 0.25) is 11.8 Å². The molecule has 0 aromatic heterocycles. The number of amides is 2. The van der Waals surface area contributed by atoms with E-state index in [0.29, 0.717) is 19.4 Å². The first kappa shape index (κ1) is 16.2. The van der Waals surface area contributed by atoms with Crippen molar-refractivity contribution in [1.29, 1.82) is 0 Å².